The lowest BCUT2D eigenvalue weighted by atomic mass is 9.74. The Morgan fingerprint density at radius 3 is 2.94 bits per heavy atom. The molecule has 0 atom stereocenters. The van der Waals surface area contributed by atoms with Crippen molar-refractivity contribution in [3.63, 3.8) is 0 Å². The molecule has 0 aliphatic heterocycles. The number of hydrogen-bond donors (Lipinski definition) is 2. The maximum atomic E-state index is 11.1. The van der Waals surface area contributed by atoms with E-state index in [9.17, 15) is 4.79 Å². The van der Waals surface area contributed by atoms with Crippen molar-refractivity contribution in [2.75, 3.05) is 20.2 Å². The van der Waals surface area contributed by atoms with Crippen LogP contribution >= 0.6 is 0 Å². The van der Waals surface area contributed by atoms with E-state index >= 15 is 0 Å². The molecule has 1 saturated carbocycles. The van der Waals surface area contributed by atoms with Gasteiger partial charge in [-0.15, -0.1) is 0 Å². The van der Waals surface area contributed by atoms with Crippen molar-refractivity contribution >= 4 is 5.97 Å². The zero-order valence-electron chi connectivity index (χ0n) is 9.22. The molecule has 0 aromatic carbocycles. The van der Waals surface area contributed by atoms with Crippen LogP contribution in [-0.2, 0) is 9.53 Å². The highest BCUT2D eigenvalue weighted by Gasteiger charge is 2.50. The lowest BCUT2D eigenvalue weighted by Crippen LogP contribution is -2.63. The molecule has 7 heteroatoms. The van der Waals surface area contributed by atoms with E-state index < -0.39 is 11.5 Å². The molecular formula is C9H16N4O3. The van der Waals surface area contributed by atoms with Crippen LogP contribution in [0.4, 0.5) is 0 Å². The van der Waals surface area contributed by atoms with E-state index in [2.05, 4.69) is 15.3 Å². The van der Waals surface area contributed by atoms with E-state index in [1.807, 2.05) is 0 Å². The second-order valence-electron chi connectivity index (χ2n) is 3.89. The molecule has 0 amide bonds. The highest BCUT2D eigenvalue weighted by atomic mass is 16.5. The van der Waals surface area contributed by atoms with E-state index in [4.69, 9.17) is 15.4 Å². The fourth-order valence-electron chi connectivity index (χ4n) is 1.80. The van der Waals surface area contributed by atoms with Gasteiger partial charge in [0.15, 0.2) is 0 Å². The standard InChI is InChI=1S/C9H16N4O3/c1-16-7-5-9(6-7,8(14)15)11-3-2-4-12-13-10/h7,11H,2-6H2,1H3,(H,14,15). The van der Waals surface area contributed by atoms with Gasteiger partial charge in [0, 0.05) is 31.4 Å². The topological polar surface area (TPSA) is 107 Å². The summed E-state index contributed by atoms with van der Waals surface area (Å²) in [5, 5.41) is 15.5. The van der Waals surface area contributed by atoms with Gasteiger partial charge in [-0.2, -0.15) is 0 Å². The molecule has 7 nitrogen and oxygen atoms in total. The minimum atomic E-state index is -0.850. The maximum absolute atomic E-state index is 11.1. The van der Waals surface area contributed by atoms with Gasteiger partial charge in [0.25, 0.3) is 0 Å². The highest BCUT2D eigenvalue weighted by molar-refractivity contribution is 5.80. The van der Waals surface area contributed by atoms with Crippen LogP contribution in [0, 0.1) is 0 Å². The van der Waals surface area contributed by atoms with Crippen LogP contribution in [0.5, 0.6) is 0 Å². The zero-order chi connectivity index (χ0) is 12.0. The SMILES string of the molecule is COC1CC(NCCCN=[N+]=[N-])(C(=O)O)C1. The number of carbonyl (C=O) groups is 1. The van der Waals surface area contributed by atoms with Crippen molar-refractivity contribution in [1.29, 1.82) is 0 Å². The van der Waals surface area contributed by atoms with Crippen LogP contribution in [0.2, 0.25) is 0 Å². The molecule has 0 bridgehead atoms. The van der Waals surface area contributed by atoms with Crippen molar-refractivity contribution < 1.29 is 14.6 Å². The summed E-state index contributed by atoms with van der Waals surface area (Å²) < 4.78 is 5.07. The van der Waals surface area contributed by atoms with Crippen LogP contribution in [0.15, 0.2) is 5.11 Å². The van der Waals surface area contributed by atoms with E-state index in [1.54, 1.807) is 7.11 Å². The molecule has 0 unspecified atom stereocenters. The Morgan fingerprint density at radius 2 is 2.44 bits per heavy atom. The molecule has 2 N–H and O–H groups in total. The average molecular weight is 228 g/mol. The zero-order valence-corrected chi connectivity index (χ0v) is 9.22. The smallest absolute Gasteiger partial charge is 0.324 e. The predicted octanol–water partition coefficient (Wildman–Crippen LogP) is 0.909. The van der Waals surface area contributed by atoms with Crippen LogP contribution in [0.3, 0.4) is 0 Å². The number of aliphatic carboxylic acids is 1. The van der Waals surface area contributed by atoms with Crippen LogP contribution in [0.25, 0.3) is 10.4 Å². The third-order valence-corrected chi connectivity index (χ3v) is 2.86. The van der Waals surface area contributed by atoms with Crippen LogP contribution < -0.4 is 5.32 Å². The Hall–Kier alpha value is -1.30. The summed E-state index contributed by atoms with van der Waals surface area (Å²) in [7, 11) is 1.58. The lowest BCUT2D eigenvalue weighted by molar-refractivity contribution is -0.156. The molecule has 90 valence electrons. The lowest BCUT2D eigenvalue weighted by Gasteiger charge is -2.44. The van der Waals surface area contributed by atoms with Gasteiger partial charge in [-0.05, 0) is 18.5 Å². The average Bonchev–Trinajstić information content (AvgIpc) is 2.20. The Labute approximate surface area is 93.4 Å². The first kappa shape index (κ1) is 12.8. The largest absolute Gasteiger partial charge is 0.480 e. The number of methoxy groups -OCH3 is 1. The van der Waals surface area contributed by atoms with Gasteiger partial charge < -0.3 is 15.2 Å². The summed E-state index contributed by atoms with van der Waals surface area (Å²) in [4.78, 5) is 13.7. The number of azide groups is 1. The molecule has 0 saturated heterocycles. The quantitative estimate of drug-likeness (QED) is 0.292. The molecule has 0 aromatic heterocycles. The fourth-order valence-corrected chi connectivity index (χ4v) is 1.80. The molecule has 0 radical (unpaired) electrons. The van der Waals surface area contributed by atoms with Gasteiger partial charge in [-0.3, -0.25) is 4.79 Å². The minimum Gasteiger partial charge on any atom is -0.480 e. The maximum Gasteiger partial charge on any atom is 0.324 e. The van der Waals surface area contributed by atoms with Gasteiger partial charge in [0.05, 0.1) is 6.10 Å². The Morgan fingerprint density at radius 1 is 1.75 bits per heavy atom. The van der Waals surface area contributed by atoms with Gasteiger partial charge in [0.1, 0.15) is 5.54 Å². The van der Waals surface area contributed by atoms with E-state index in [0.29, 0.717) is 32.4 Å². The molecule has 1 fully saturated rings. The van der Waals surface area contributed by atoms with Crippen molar-refractivity contribution in [1.82, 2.24) is 5.32 Å². The number of carboxylic acids is 1. The molecule has 16 heavy (non-hydrogen) atoms. The number of carboxylic acid groups (broad SMARTS) is 1. The van der Waals surface area contributed by atoms with Crippen LogP contribution in [0.1, 0.15) is 19.3 Å². The number of rotatable bonds is 7. The molecule has 1 aliphatic rings. The van der Waals surface area contributed by atoms with Gasteiger partial charge in [0.2, 0.25) is 0 Å². The summed E-state index contributed by atoms with van der Waals surface area (Å²) in [6, 6.07) is 0. The molecular weight excluding hydrogens is 212 g/mol. The highest BCUT2D eigenvalue weighted by Crippen LogP contribution is 2.34. The predicted molar refractivity (Wildman–Crippen MR) is 57.0 cm³/mol. The van der Waals surface area contributed by atoms with E-state index in [1.165, 1.54) is 0 Å². The summed E-state index contributed by atoms with van der Waals surface area (Å²) in [6.45, 7) is 0.911. The normalized spacial score (nSPS) is 27.9. The van der Waals surface area contributed by atoms with E-state index in [0.717, 1.165) is 0 Å². The molecule has 0 spiro atoms. The Balaban J connectivity index is 2.31. The van der Waals surface area contributed by atoms with Crippen molar-refractivity contribution in [3.05, 3.63) is 10.4 Å². The minimum absolute atomic E-state index is 0.0285. The number of ether oxygens (including phenoxy) is 1. The second-order valence-corrected chi connectivity index (χ2v) is 3.89. The van der Waals surface area contributed by atoms with Gasteiger partial charge >= 0.3 is 5.97 Å². The molecule has 1 aliphatic carbocycles. The number of hydrogen-bond acceptors (Lipinski definition) is 4. The van der Waals surface area contributed by atoms with Crippen molar-refractivity contribution in [2.24, 2.45) is 5.11 Å². The molecule has 0 aromatic rings. The summed E-state index contributed by atoms with van der Waals surface area (Å²) in [5.74, 6) is -0.843. The summed E-state index contributed by atoms with van der Waals surface area (Å²) in [6.07, 6.45) is 1.64. The summed E-state index contributed by atoms with van der Waals surface area (Å²) >= 11 is 0. The first-order valence-electron chi connectivity index (χ1n) is 5.17. The Kier molecular flexibility index (Phi) is 4.54. The Bertz CT molecular complexity index is 295. The van der Waals surface area contributed by atoms with Crippen LogP contribution in [-0.4, -0.2) is 42.9 Å². The fraction of sp³-hybridized carbons (Fsp3) is 0.889. The number of nitrogens with one attached hydrogen (secondary N) is 1. The van der Waals surface area contributed by atoms with Crippen molar-refractivity contribution in [3.8, 4) is 0 Å². The third kappa shape index (κ3) is 2.85. The third-order valence-electron chi connectivity index (χ3n) is 2.86. The van der Waals surface area contributed by atoms with E-state index in [-0.39, 0.29) is 6.10 Å². The monoisotopic (exact) mass is 228 g/mol. The number of nitrogens with zero attached hydrogens (tertiary/aromatic N) is 3. The molecule has 0 heterocycles. The molecule has 1 rings (SSSR count). The van der Waals surface area contributed by atoms with Gasteiger partial charge in [-0.25, -0.2) is 0 Å². The second kappa shape index (κ2) is 5.69. The van der Waals surface area contributed by atoms with Gasteiger partial charge in [-0.1, -0.05) is 5.11 Å². The summed E-state index contributed by atoms with van der Waals surface area (Å²) in [5.41, 5.74) is 7.21. The first-order valence-corrected chi connectivity index (χ1v) is 5.17. The first-order chi connectivity index (χ1) is 7.64. The van der Waals surface area contributed by atoms with Crippen molar-refractivity contribution in [2.45, 2.75) is 30.9 Å².